The van der Waals surface area contributed by atoms with Gasteiger partial charge < -0.3 is 15.4 Å². The highest BCUT2D eigenvalue weighted by atomic mass is 19.3. The van der Waals surface area contributed by atoms with E-state index in [0.29, 0.717) is 5.56 Å². The van der Waals surface area contributed by atoms with Crippen LogP contribution < -0.4 is 15.4 Å². The molecule has 0 radical (unpaired) electrons. The van der Waals surface area contributed by atoms with Gasteiger partial charge in [0.25, 0.3) is 0 Å². The summed E-state index contributed by atoms with van der Waals surface area (Å²) < 4.78 is 41.8. The largest absolute Gasteiger partial charge is 0.435 e. The SMILES string of the molecule is O=C(NCc1ccccc1F)Nc1cccc(OC(F)F)c1. The number of ether oxygens (including phenoxy) is 1. The Morgan fingerprint density at radius 1 is 1.14 bits per heavy atom. The molecule has 2 N–H and O–H groups in total. The molecule has 2 rings (SSSR count). The lowest BCUT2D eigenvalue weighted by atomic mass is 10.2. The van der Waals surface area contributed by atoms with Gasteiger partial charge >= 0.3 is 12.6 Å². The number of carbonyl (C=O) groups is 1. The maximum atomic E-state index is 13.4. The van der Waals surface area contributed by atoms with Gasteiger partial charge in [-0.25, -0.2) is 9.18 Å². The van der Waals surface area contributed by atoms with Gasteiger partial charge in [-0.15, -0.1) is 0 Å². The van der Waals surface area contributed by atoms with E-state index < -0.39 is 18.5 Å². The summed E-state index contributed by atoms with van der Waals surface area (Å²) >= 11 is 0. The summed E-state index contributed by atoms with van der Waals surface area (Å²) in [6, 6.07) is 11.0. The van der Waals surface area contributed by atoms with Crippen molar-refractivity contribution in [2.24, 2.45) is 0 Å². The first-order valence-corrected chi connectivity index (χ1v) is 6.38. The van der Waals surface area contributed by atoms with Crippen LogP contribution in [0.2, 0.25) is 0 Å². The topological polar surface area (TPSA) is 50.4 Å². The van der Waals surface area contributed by atoms with Crippen molar-refractivity contribution < 1.29 is 22.7 Å². The lowest BCUT2D eigenvalue weighted by molar-refractivity contribution is -0.0497. The Morgan fingerprint density at radius 2 is 1.91 bits per heavy atom. The first kappa shape index (κ1) is 15.7. The van der Waals surface area contributed by atoms with Crippen LogP contribution in [0.1, 0.15) is 5.56 Å². The van der Waals surface area contributed by atoms with E-state index in [0.717, 1.165) is 0 Å². The standard InChI is InChI=1S/C15H13F3N2O2/c16-13-7-2-1-4-10(13)9-19-15(21)20-11-5-3-6-12(8-11)22-14(17)18/h1-8,14H,9H2,(H2,19,20,21). The number of amides is 2. The summed E-state index contributed by atoms with van der Waals surface area (Å²) in [6.07, 6.45) is 0. The van der Waals surface area contributed by atoms with Gasteiger partial charge in [0.1, 0.15) is 11.6 Å². The first-order valence-electron chi connectivity index (χ1n) is 6.38. The molecule has 2 aromatic rings. The summed E-state index contributed by atoms with van der Waals surface area (Å²) in [7, 11) is 0. The van der Waals surface area contributed by atoms with E-state index in [-0.39, 0.29) is 18.0 Å². The quantitative estimate of drug-likeness (QED) is 0.883. The molecule has 2 aromatic carbocycles. The first-order chi connectivity index (χ1) is 10.5. The highest BCUT2D eigenvalue weighted by Gasteiger charge is 2.07. The van der Waals surface area contributed by atoms with Crippen LogP contribution in [-0.4, -0.2) is 12.6 Å². The normalized spacial score (nSPS) is 10.4. The zero-order valence-corrected chi connectivity index (χ0v) is 11.4. The molecule has 7 heteroatoms. The van der Waals surface area contributed by atoms with Crippen LogP contribution in [0.4, 0.5) is 23.7 Å². The number of anilines is 1. The van der Waals surface area contributed by atoms with E-state index in [9.17, 15) is 18.0 Å². The van der Waals surface area contributed by atoms with Crippen molar-refractivity contribution in [3.05, 3.63) is 59.9 Å². The number of benzene rings is 2. The Balaban J connectivity index is 1.91. The molecule has 0 unspecified atom stereocenters. The molecule has 0 aromatic heterocycles. The molecule has 2 amide bonds. The van der Waals surface area contributed by atoms with Gasteiger partial charge in [0, 0.05) is 23.9 Å². The Bertz CT molecular complexity index is 650. The van der Waals surface area contributed by atoms with Crippen molar-refractivity contribution in [2.75, 3.05) is 5.32 Å². The van der Waals surface area contributed by atoms with Crippen LogP contribution in [0.5, 0.6) is 5.75 Å². The number of rotatable bonds is 5. The van der Waals surface area contributed by atoms with Crippen molar-refractivity contribution in [3.8, 4) is 5.75 Å². The zero-order valence-electron chi connectivity index (χ0n) is 11.4. The fourth-order valence-corrected chi connectivity index (χ4v) is 1.74. The lowest BCUT2D eigenvalue weighted by Gasteiger charge is -2.10. The van der Waals surface area contributed by atoms with Crippen LogP contribution >= 0.6 is 0 Å². The fourth-order valence-electron chi connectivity index (χ4n) is 1.74. The number of urea groups is 1. The van der Waals surface area contributed by atoms with Crippen molar-refractivity contribution >= 4 is 11.7 Å². The third kappa shape index (κ3) is 4.69. The minimum Gasteiger partial charge on any atom is -0.435 e. The Hall–Kier alpha value is -2.70. The van der Waals surface area contributed by atoms with Gasteiger partial charge in [-0.05, 0) is 18.2 Å². The average Bonchev–Trinajstić information content (AvgIpc) is 2.46. The van der Waals surface area contributed by atoms with Gasteiger partial charge in [-0.2, -0.15) is 8.78 Å². The lowest BCUT2D eigenvalue weighted by Crippen LogP contribution is -2.28. The fraction of sp³-hybridized carbons (Fsp3) is 0.133. The van der Waals surface area contributed by atoms with Crippen molar-refractivity contribution in [1.29, 1.82) is 0 Å². The second-order valence-electron chi connectivity index (χ2n) is 4.31. The van der Waals surface area contributed by atoms with Gasteiger partial charge in [0.2, 0.25) is 0 Å². The molecule has 22 heavy (non-hydrogen) atoms. The van der Waals surface area contributed by atoms with Gasteiger partial charge in [-0.1, -0.05) is 24.3 Å². The third-order valence-corrected chi connectivity index (χ3v) is 2.71. The van der Waals surface area contributed by atoms with E-state index in [4.69, 9.17) is 0 Å². The molecule has 4 nitrogen and oxygen atoms in total. The molecule has 0 fully saturated rings. The van der Waals surface area contributed by atoms with Crippen molar-refractivity contribution in [1.82, 2.24) is 5.32 Å². The molecule has 116 valence electrons. The monoisotopic (exact) mass is 310 g/mol. The predicted molar refractivity (Wildman–Crippen MR) is 75.3 cm³/mol. The molecular weight excluding hydrogens is 297 g/mol. The van der Waals surface area contributed by atoms with Crippen molar-refractivity contribution in [2.45, 2.75) is 13.2 Å². The average molecular weight is 310 g/mol. The summed E-state index contributed by atoms with van der Waals surface area (Å²) in [6.45, 7) is -2.93. The summed E-state index contributed by atoms with van der Waals surface area (Å²) in [5.41, 5.74) is 0.622. The van der Waals surface area contributed by atoms with Crippen LogP contribution in [0.15, 0.2) is 48.5 Å². The summed E-state index contributed by atoms with van der Waals surface area (Å²) in [4.78, 5) is 11.7. The number of nitrogens with one attached hydrogen (secondary N) is 2. The minimum absolute atomic E-state index is 0.00569. The van der Waals surface area contributed by atoms with E-state index in [1.807, 2.05) is 0 Å². The van der Waals surface area contributed by atoms with Crippen LogP contribution in [0.3, 0.4) is 0 Å². The molecule has 0 heterocycles. The van der Waals surface area contributed by atoms with E-state index in [2.05, 4.69) is 15.4 Å². The Morgan fingerprint density at radius 3 is 2.64 bits per heavy atom. The number of alkyl halides is 2. The highest BCUT2D eigenvalue weighted by molar-refractivity contribution is 5.89. The molecule has 0 aliphatic heterocycles. The molecule has 0 saturated heterocycles. The maximum Gasteiger partial charge on any atom is 0.387 e. The number of hydrogen-bond donors (Lipinski definition) is 2. The minimum atomic E-state index is -2.94. The van der Waals surface area contributed by atoms with E-state index >= 15 is 0 Å². The molecule has 0 aliphatic carbocycles. The van der Waals surface area contributed by atoms with Crippen molar-refractivity contribution in [3.63, 3.8) is 0 Å². The van der Waals surface area contributed by atoms with E-state index in [1.165, 1.54) is 30.3 Å². The molecular formula is C15H13F3N2O2. The highest BCUT2D eigenvalue weighted by Crippen LogP contribution is 2.19. The molecule has 0 saturated carbocycles. The number of halogens is 3. The predicted octanol–water partition coefficient (Wildman–Crippen LogP) is 3.75. The van der Waals surface area contributed by atoms with Gasteiger partial charge in [0.05, 0.1) is 0 Å². The maximum absolute atomic E-state index is 13.4. The Kier molecular flexibility index (Phi) is 5.24. The second-order valence-corrected chi connectivity index (χ2v) is 4.31. The third-order valence-electron chi connectivity index (χ3n) is 2.71. The summed E-state index contributed by atoms with van der Waals surface area (Å²) in [5, 5.41) is 4.92. The molecule has 0 aliphatic rings. The molecule has 0 atom stereocenters. The molecule has 0 spiro atoms. The smallest absolute Gasteiger partial charge is 0.387 e. The molecule has 0 bridgehead atoms. The Labute approximate surface area is 124 Å². The van der Waals surface area contributed by atoms with Gasteiger partial charge in [-0.3, -0.25) is 0 Å². The van der Waals surface area contributed by atoms with Crippen LogP contribution in [0.25, 0.3) is 0 Å². The number of hydrogen-bond acceptors (Lipinski definition) is 2. The summed E-state index contributed by atoms with van der Waals surface area (Å²) in [5.74, 6) is -0.489. The van der Waals surface area contributed by atoms with Gasteiger partial charge in [0.15, 0.2) is 0 Å². The van der Waals surface area contributed by atoms with E-state index in [1.54, 1.807) is 18.2 Å². The van der Waals surface area contributed by atoms with Crippen LogP contribution in [0, 0.1) is 5.82 Å². The second kappa shape index (κ2) is 7.35. The van der Waals surface area contributed by atoms with Crippen LogP contribution in [-0.2, 0) is 6.54 Å². The zero-order chi connectivity index (χ0) is 15.9. The number of carbonyl (C=O) groups excluding carboxylic acids is 1.